The molecule has 0 bridgehead atoms. The summed E-state index contributed by atoms with van der Waals surface area (Å²) < 4.78 is 5.58. The predicted molar refractivity (Wildman–Crippen MR) is 94.9 cm³/mol. The van der Waals surface area contributed by atoms with Crippen molar-refractivity contribution in [3.63, 3.8) is 0 Å². The Hall–Kier alpha value is -2.27. The maximum atomic E-state index is 12.4. The van der Waals surface area contributed by atoms with Crippen LogP contribution in [0, 0.1) is 13.8 Å². The lowest BCUT2D eigenvalue weighted by atomic mass is 10.1. The number of rotatable bonds is 5. The number of aryl methyl sites for hydroxylation is 2. The molecular formula is C18H21ClN2O3. The van der Waals surface area contributed by atoms with Crippen molar-refractivity contribution in [2.45, 2.75) is 40.3 Å². The number of hydrogen-bond acceptors (Lipinski definition) is 3. The second-order valence-electron chi connectivity index (χ2n) is 5.91. The van der Waals surface area contributed by atoms with Gasteiger partial charge in [0.1, 0.15) is 5.75 Å². The van der Waals surface area contributed by atoms with Crippen molar-refractivity contribution >= 4 is 17.5 Å². The summed E-state index contributed by atoms with van der Waals surface area (Å²) in [7, 11) is 0. The fourth-order valence-corrected chi connectivity index (χ4v) is 2.65. The summed E-state index contributed by atoms with van der Waals surface area (Å²) in [6.07, 6.45) is -0.0467. The van der Waals surface area contributed by atoms with E-state index in [1.807, 2.05) is 33.8 Å². The van der Waals surface area contributed by atoms with Gasteiger partial charge in [0.2, 0.25) is 0 Å². The minimum Gasteiger partial charge on any atom is -0.489 e. The highest BCUT2D eigenvalue weighted by Gasteiger charge is 2.16. The van der Waals surface area contributed by atoms with Gasteiger partial charge in [-0.1, -0.05) is 17.7 Å². The number of pyridine rings is 1. The first kappa shape index (κ1) is 18.1. The smallest absolute Gasteiger partial charge is 0.253 e. The van der Waals surface area contributed by atoms with Gasteiger partial charge in [0.25, 0.3) is 11.5 Å². The summed E-state index contributed by atoms with van der Waals surface area (Å²) in [4.78, 5) is 27.1. The van der Waals surface area contributed by atoms with Crippen LogP contribution in [0.3, 0.4) is 0 Å². The summed E-state index contributed by atoms with van der Waals surface area (Å²) in [5.41, 5.74) is 2.26. The van der Waals surface area contributed by atoms with Gasteiger partial charge in [0.05, 0.1) is 16.7 Å². The molecule has 0 aliphatic carbocycles. The third-order valence-electron chi connectivity index (χ3n) is 3.49. The van der Waals surface area contributed by atoms with Crippen LogP contribution in [0.25, 0.3) is 0 Å². The molecule has 0 unspecified atom stereocenters. The number of benzene rings is 1. The van der Waals surface area contributed by atoms with Crippen molar-refractivity contribution in [2.24, 2.45) is 0 Å². The van der Waals surface area contributed by atoms with E-state index in [0.717, 1.165) is 11.3 Å². The maximum absolute atomic E-state index is 12.4. The zero-order valence-corrected chi connectivity index (χ0v) is 15.0. The van der Waals surface area contributed by atoms with Gasteiger partial charge in [-0.3, -0.25) is 9.59 Å². The molecule has 24 heavy (non-hydrogen) atoms. The number of carbonyl (C=O) groups is 1. The van der Waals surface area contributed by atoms with Crippen LogP contribution in [0.2, 0.25) is 5.02 Å². The Kier molecular flexibility index (Phi) is 5.67. The third kappa shape index (κ3) is 4.17. The molecule has 1 aromatic heterocycles. The lowest BCUT2D eigenvalue weighted by molar-refractivity contribution is 0.0950. The lowest BCUT2D eigenvalue weighted by Gasteiger charge is -2.14. The van der Waals surface area contributed by atoms with E-state index in [1.165, 1.54) is 0 Å². The monoisotopic (exact) mass is 348 g/mol. The molecule has 0 aliphatic heterocycles. The second-order valence-corrected chi connectivity index (χ2v) is 6.29. The van der Waals surface area contributed by atoms with Crippen LogP contribution in [-0.2, 0) is 6.54 Å². The topological polar surface area (TPSA) is 71.2 Å². The summed E-state index contributed by atoms with van der Waals surface area (Å²) in [5.74, 6) is 0.109. The van der Waals surface area contributed by atoms with Gasteiger partial charge in [0, 0.05) is 17.8 Å². The molecule has 2 aromatic rings. The number of aromatic amines is 1. The first-order valence-corrected chi connectivity index (χ1v) is 8.10. The van der Waals surface area contributed by atoms with Gasteiger partial charge in [-0.2, -0.15) is 0 Å². The first-order chi connectivity index (χ1) is 11.3. The lowest BCUT2D eigenvalue weighted by Crippen LogP contribution is -2.28. The van der Waals surface area contributed by atoms with Crippen LogP contribution in [0.1, 0.15) is 41.0 Å². The SMILES string of the molecule is Cc1cc(C)c(CNC(=O)c2cccc(OC(C)C)c2Cl)c(=O)[nH]1. The molecule has 0 atom stereocenters. The van der Waals surface area contributed by atoms with Crippen molar-refractivity contribution in [2.75, 3.05) is 0 Å². The summed E-state index contributed by atoms with van der Waals surface area (Å²) in [6, 6.07) is 6.92. The Morgan fingerprint density at radius 1 is 1.33 bits per heavy atom. The number of carbonyl (C=O) groups excluding carboxylic acids is 1. The molecule has 128 valence electrons. The average Bonchev–Trinajstić information content (AvgIpc) is 2.47. The number of hydrogen-bond donors (Lipinski definition) is 2. The van der Waals surface area contributed by atoms with E-state index in [-0.39, 0.29) is 29.1 Å². The Bertz CT molecular complexity index is 812. The van der Waals surface area contributed by atoms with Crippen LogP contribution >= 0.6 is 11.6 Å². The van der Waals surface area contributed by atoms with Crippen molar-refractivity contribution in [3.05, 3.63) is 62.0 Å². The molecule has 1 amide bonds. The molecule has 1 heterocycles. The molecule has 0 spiro atoms. The molecule has 1 aromatic carbocycles. The highest BCUT2D eigenvalue weighted by Crippen LogP contribution is 2.29. The van der Waals surface area contributed by atoms with Gasteiger partial charge in [-0.05, 0) is 51.5 Å². The Labute approximate surface area is 146 Å². The van der Waals surface area contributed by atoms with Gasteiger partial charge >= 0.3 is 0 Å². The van der Waals surface area contributed by atoms with Crippen molar-refractivity contribution in [1.29, 1.82) is 0 Å². The van der Waals surface area contributed by atoms with E-state index < -0.39 is 0 Å². The van der Waals surface area contributed by atoms with E-state index in [9.17, 15) is 9.59 Å². The van der Waals surface area contributed by atoms with Crippen LogP contribution in [-0.4, -0.2) is 17.0 Å². The van der Waals surface area contributed by atoms with Crippen LogP contribution in [0.5, 0.6) is 5.75 Å². The minimum absolute atomic E-state index is 0.0467. The normalized spacial score (nSPS) is 10.8. The van der Waals surface area contributed by atoms with Gasteiger partial charge in [-0.15, -0.1) is 0 Å². The van der Waals surface area contributed by atoms with Crippen LogP contribution in [0.4, 0.5) is 0 Å². The fourth-order valence-electron chi connectivity index (χ4n) is 2.40. The van der Waals surface area contributed by atoms with E-state index in [4.69, 9.17) is 16.3 Å². The van der Waals surface area contributed by atoms with Gasteiger partial charge in [-0.25, -0.2) is 0 Å². The van der Waals surface area contributed by atoms with E-state index in [0.29, 0.717) is 16.9 Å². The molecule has 2 N–H and O–H groups in total. The van der Waals surface area contributed by atoms with E-state index in [2.05, 4.69) is 10.3 Å². The Balaban J connectivity index is 2.18. The van der Waals surface area contributed by atoms with Crippen molar-refractivity contribution < 1.29 is 9.53 Å². The largest absolute Gasteiger partial charge is 0.489 e. The van der Waals surface area contributed by atoms with Crippen molar-refractivity contribution in [3.8, 4) is 5.75 Å². The molecule has 0 saturated heterocycles. The number of nitrogens with one attached hydrogen (secondary N) is 2. The zero-order valence-electron chi connectivity index (χ0n) is 14.2. The third-order valence-corrected chi connectivity index (χ3v) is 3.88. The highest BCUT2D eigenvalue weighted by atomic mass is 35.5. The molecule has 0 aliphatic rings. The Morgan fingerprint density at radius 3 is 2.67 bits per heavy atom. The summed E-state index contributed by atoms with van der Waals surface area (Å²) in [6.45, 7) is 7.56. The minimum atomic E-state index is -0.353. The van der Waals surface area contributed by atoms with Crippen LogP contribution in [0.15, 0.2) is 29.1 Å². The van der Waals surface area contributed by atoms with Gasteiger partial charge in [0.15, 0.2) is 0 Å². The van der Waals surface area contributed by atoms with Crippen molar-refractivity contribution in [1.82, 2.24) is 10.3 Å². The molecule has 5 nitrogen and oxygen atoms in total. The summed E-state index contributed by atoms with van der Waals surface area (Å²) >= 11 is 6.26. The fraction of sp³-hybridized carbons (Fsp3) is 0.333. The molecule has 0 radical (unpaired) electrons. The standard InChI is InChI=1S/C18H21ClN2O3/c1-10(2)24-15-7-5-6-13(16(15)19)17(22)20-9-14-11(3)8-12(4)21-18(14)23/h5-8,10H,9H2,1-4H3,(H,20,22)(H,21,23). The van der Waals surface area contributed by atoms with Crippen LogP contribution < -0.4 is 15.6 Å². The highest BCUT2D eigenvalue weighted by molar-refractivity contribution is 6.35. The van der Waals surface area contributed by atoms with Gasteiger partial charge < -0.3 is 15.0 Å². The molecular weight excluding hydrogens is 328 g/mol. The molecule has 2 rings (SSSR count). The first-order valence-electron chi connectivity index (χ1n) is 7.72. The number of ether oxygens (including phenoxy) is 1. The second kappa shape index (κ2) is 7.53. The Morgan fingerprint density at radius 2 is 2.04 bits per heavy atom. The molecule has 0 fully saturated rings. The zero-order chi connectivity index (χ0) is 17.9. The number of halogens is 1. The van der Waals surface area contributed by atoms with E-state index >= 15 is 0 Å². The number of amides is 1. The average molecular weight is 349 g/mol. The maximum Gasteiger partial charge on any atom is 0.253 e. The molecule has 0 saturated carbocycles. The quantitative estimate of drug-likeness (QED) is 0.870. The summed E-state index contributed by atoms with van der Waals surface area (Å²) in [5, 5.41) is 3.00. The van der Waals surface area contributed by atoms with E-state index in [1.54, 1.807) is 18.2 Å². The molecule has 6 heteroatoms. The predicted octanol–water partition coefficient (Wildman–Crippen LogP) is 3.36. The number of aromatic nitrogens is 1. The number of H-pyrrole nitrogens is 1.